The number of aryl methyl sites for hydroxylation is 2. The Bertz CT molecular complexity index is 508. The first-order chi connectivity index (χ1) is 7.15. The smallest absolute Gasteiger partial charge is 0.151 e. The van der Waals surface area contributed by atoms with Crippen molar-refractivity contribution in [1.29, 1.82) is 0 Å². The third-order valence-electron chi connectivity index (χ3n) is 2.62. The Kier molecular flexibility index (Phi) is 2.19. The molecule has 15 heavy (non-hydrogen) atoms. The van der Waals surface area contributed by atoms with Gasteiger partial charge in [0.1, 0.15) is 5.82 Å². The molecule has 0 aliphatic heterocycles. The van der Waals surface area contributed by atoms with Crippen LogP contribution in [0.3, 0.4) is 0 Å². The van der Waals surface area contributed by atoms with Gasteiger partial charge in [-0.05, 0) is 19.9 Å². The Morgan fingerprint density at radius 2 is 2.13 bits per heavy atom. The molecule has 0 saturated heterocycles. The molecule has 0 aliphatic carbocycles. The molecule has 0 aromatic carbocycles. The maximum Gasteiger partial charge on any atom is 0.151 e. The van der Waals surface area contributed by atoms with E-state index in [0.29, 0.717) is 0 Å². The highest BCUT2D eigenvalue weighted by Crippen LogP contribution is 2.18. The number of nitrogens with zero attached hydrogens (tertiary/aromatic N) is 3. The van der Waals surface area contributed by atoms with Gasteiger partial charge in [-0.1, -0.05) is 0 Å². The van der Waals surface area contributed by atoms with Crippen LogP contribution >= 0.6 is 0 Å². The summed E-state index contributed by atoms with van der Waals surface area (Å²) in [5, 5.41) is 4.12. The predicted molar refractivity (Wildman–Crippen MR) is 57.4 cm³/mol. The number of carbonyl (C=O) groups excluding carboxylic acids is 1. The lowest BCUT2D eigenvalue weighted by atomic mass is 10.3. The number of rotatable bonds is 2. The van der Waals surface area contributed by atoms with Crippen molar-refractivity contribution in [3.63, 3.8) is 0 Å². The second-order valence-corrected chi connectivity index (χ2v) is 3.59. The summed E-state index contributed by atoms with van der Waals surface area (Å²) in [5.74, 6) is 0.970. The highest BCUT2D eigenvalue weighted by atomic mass is 16.1. The van der Waals surface area contributed by atoms with Crippen LogP contribution in [0, 0.1) is 13.8 Å². The molecule has 2 aromatic rings. The Labute approximate surface area is 88.1 Å². The van der Waals surface area contributed by atoms with Crippen LogP contribution in [0.1, 0.15) is 21.7 Å². The van der Waals surface area contributed by atoms with Crippen LogP contribution in [-0.4, -0.2) is 20.6 Å². The van der Waals surface area contributed by atoms with Gasteiger partial charge < -0.3 is 4.57 Å². The van der Waals surface area contributed by atoms with Gasteiger partial charge in [0.05, 0.1) is 6.20 Å². The van der Waals surface area contributed by atoms with E-state index in [1.165, 1.54) is 0 Å². The largest absolute Gasteiger partial charge is 0.303 e. The van der Waals surface area contributed by atoms with E-state index >= 15 is 0 Å². The Balaban J connectivity index is 2.68. The molecule has 2 heterocycles. The molecule has 78 valence electrons. The zero-order valence-electron chi connectivity index (χ0n) is 9.06. The summed E-state index contributed by atoms with van der Waals surface area (Å²) in [5.41, 5.74) is 2.72. The van der Waals surface area contributed by atoms with Gasteiger partial charge in [0.2, 0.25) is 0 Å². The summed E-state index contributed by atoms with van der Waals surface area (Å²) in [7, 11) is 1.88. The van der Waals surface area contributed by atoms with Gasteiger partial charge in [-0.15, -0.1) is 0 Å². The summed E-state index contributed by atoms with van der Waals surface area (Å²) in [6.45, 7) is 3.91. The van der Waals surface area contributed by atoms with Crippen molar-refractivity contribution in [1.82, 2.24) is 14.3 Å². The van der Waals surface area contributed by atoms with E-state index in [0.717, 1.165) is 29.1 Å². The van der Waals surface area contributed by atoms with Crippen molar-refractivity contribution in [3.8, 4) is 5.82 Å². The van der Waals surface area contributed by atoms with Crippen LogP contribution in [0.25, 0.3) is 5.82 Å². The van der Waals surface area contributed by atoms with E-state index in [1.54, 1.807) is 10.9 Å². The molecular weight excluding hydrogens is 190 g/mol. The van der Waals surface area contributed by atoms with Crippen LogP contribution in [0.4, 0.5) is 0 Å². The lowest BCUT2D eigenvalue weighted by Gasteiger charge is -2.08. The number of aromatic nitrogens is 3. The zero-order valence-corrected chi connectivity index (χ0v) is 9.06. The summed E-state index contributed by atoms with van der Waals surface area (Å²) >= 11 is 0. The maximum atomic E-state index is 10.8. The first kappa shape index (κ1) is 9.71. The highest BCUT2D eigenvalue weighted by Gasteiger charge is 2.11. The topological polar surface area (TPSA) is 39.8 Å². The average molecular weight is 203 g/mol. The van der Waals surface area contributed by atoms with E-state index < -0.39 is 0 Å². The lowest BCUT2D eigenvalue weighted by Crippen LogP contribution is -2.06. The van der Waals surface area contributed by atoms with E-state index in [-0.39, 0.29) is 0 Å². The monoisotopic (exact) mass is 203 g/mol. The molecular formula is C11H13N3O. The van der Waals surface area contributed by atoms with E-state index in [2.05, 4.69) is 5.10 Å². The fourth-order valence-corrected chi connectivity index (χ4v) is 1.85. The minimum atomic E-state index is 0.730. The van der Waals surface area contributed by atoms with E-state index in [4.69, 9.17) is 0 Å². The van der Waals surface area contributed by atoms with Crippen LogP contribution in [0.2, 0.25) is 0 Å². The average Bonchev–Trinajstić information content (AvgIpc) is 2.71. The Hall–Kier alpha value is -1.84. The summed E-state index contributed by atoms with van der Waals surface area (Å²) in [4.78, 5) is 10.8. The van der Waals surface area contributed by atoms with Crippen LogP contribution in [-0.2, 0) is 7.05 Å². The molecule has 0 bridgehead atoms. The molecule has 0 amide bonds. The standard InChI is InChI=1S/C11H13N3O/c1-8-6-10(7-15)9(2)14(8)11-4-5-12-13(11)3/h4-7H,1-3H3. The molecule has 2 aromatic heterocycles. The van der Waals surface area contributed by atoms with Gasteiger partial charge in [-0.2, -0.15) is 5.10 Å². The number of aldehydes is 1. The number of hydrogen-bond acceptors (Lipinski definition) is 2. The van der Waals surface area contributed by atoms with Gasteiger partial charge in [0.25, 0.3) is 0 Å². The summed E-state index contributed by atoms with van der Waals surface area (Å²) in [6.07, 6.45) is 2.63. The van der Waals surface area contributed by atoms with Crippen molar-refractivity contribution < 1.29 is 4.79 Å². The SMILES string of the molecule is Cc1cc(C=O)c(C)n1-c1ccnn1C. The summed E-state index contributed by atoms with van der Waals surface area (Å²) < 4.78 is 3.81. The molecule has 4 nitrogen and oxygen atoms in total. The molecule has 0 radical (unpaired) electrons. The van der Waals surface area contributed by atoms with E-state index in [1.807, 2.05) is 37.6 Å². The molecule has 0 saturated carbocycles. The molecule has 0 fully saturated rings. The van der Waals surface area contributed by atoms with E-state index in [9.17, 15) is 4.79 Å². The Morgan fingerprint density at radius 3 is 2.60 bits per heavy atom. The molecule has 2 rings (SSSR count). The van der Waals surface area contributed by atoms with Crippen LogP contribution in [0.5, 0.6) is 0 Å². The minimum absolute atomic E-state index is 0.730. The fraction of sp³-hybridized carbons (Fsp3) is 0.273. The second kappa shape index (κ2) is 3.38. The van der Waals surface area contributed by atoms with Crippen molar-refractivity contribution >= 4 is 6.29 Å². The van der Waals surface area contributed by atoms with Crippen LogP contribution in [0.15, 0.2) is 18.3 Å². The first-order valence-corrected chi connectivity index (χ1v) is 4.77. The number of carbonyl (C=O) groups is 1. The van der Waals surface area contributed by atoms with Crippen molar-refractivity contribution in [2.24, 2.45) is 7.05 Å². The van der Waals surface area contributed by atoms with Crippen molar-refractivity contribution in [2.45, 2.75) is 13.8 Å². The molecule has 0 unspecified atom stereocenters. The third-order valence-corrected chi connectivity index (χ3v) is 2.62. The molecule has 4 heteroatoms. The minimum Gasteiger partial charge on any atom is -0.303 e. The maximum absolute atomic E-state index is 10.8. The summed E-state index contributed by atoms with van der Waals surface area (Å²) in [6, 6.07) is 3.81. The number of hydrogen-bond donors (Lipinski definition) is 0. The molecule has 0 N–H and O–H groups in total. The van der Waals surface area contributed by atoms with Gasteiger partial charge in [-0.3, -0.25) is 9.48 Å². The zero-order chi connectivity index (χ0) is 11.0. The molecule has 0 atom stereocenters. The van der Waals surface area contributed by atoms with Crippen molar-refractivity contribution in [2.75, 3.05) is 0 Å². The molecule has 0 spiro atoms. The van der Waals surface area contributed by atoms with Gasteiger partial charge in [0.15, 0.2) is 6.29 Å². The predicted octanol–water partition coefficient (Wildman–Crippen LogP) is 1.64. The quantitative estimate of drug-likeness (QED) is 0.696. The first-order valence-electron chi connectivity index (χ1n) is 4.77. The van der Waals surface area contributed by atoms with Gasteiger partial charge >= 0.3 is 0 Å². The lowest BCUT2D eigenvalue weighted by molar-refractivity contribution is 0.112. The highest BCUT2D eigenvalue weighted by molar-refractivity contribution is 5.77. The molecule has 0 aliphatic rings. The fourth-order valence-electron chi connectivity index (χ4n) is 1.85. The Morgan fingerprint density at radius 1 is 1.40 bits per heavy atom. The third kappa shape index (κ3) is 1.38. The van der Waals surface area contributed by atoms with Crippen molar-refractivity contribution in [3.05, 3.63) is 35.3 Å². The van der Waals surface area contributed by atoms with Gasteiger partial charge in [0, 0.05) is 30.1 Å². The van der Waals surface area contributed by atoms with Crippen LogP contribution < -0.4 is 0 Å². The second-order valence-electron chi connectivity index (χ2n) is 3.59. The van der Waals surface area contributed by atoms with Gasteiger partial charge in [-0.25, -0.2) is 0 Å². The normalized spacial score (nSPS) is 10.6.